The van der Waals surface area contributed by atoms with Crippen molar-refractivity contribution in [3.8, 4) is 5.82 Å². The molecule has 0 fully saturated rings. The molecular formula is C19H19N7O. The number of carbonyl (C=O) groups excluding carboxylic acids is 1. The third-order valence-corrected chi connectivity index (χ3v) is 4.29. The van der Waals surface area contributed by atoms with Gasteiger partial charge in [-0.3, -0.25) is 9.48 Å². The topological polar surface area (TPSA) is 82.6 Å². The molecule has 4 aromatic rings. The first-order valence-corrected chi connectivity index (χ1v) is 8.54. The summed E-state index contributed by atoms with van der Waals surface area (Å²) >= 11 is 0. The van der Waals surface area contributed by atoms with Gasteiger partial charge in [-0.25, -0.2) is 9.67 Å². The minimum absolute atomic E-state index is 0.154. The van der Waals surface area contributed by atoms with Crippen LogP contribution in [0.4, 0.5) is 0 Å². The Morgan fingerprint density at radius 2 is 1.81 bits per heavy atom. The number of rotatable bonds is 6. The lowest BCUT2D eigenvalue weighted by atomic mass is 10.1. The summed E-state index contributed by atoms with van der Waals surface area (Å²) < 4.78 is 5.33. The molecule has 0 aliphatic carbocycles. The van der Waals surface area contributed by atoms with Crippen LogP contribution in [-0.4, -0.2) is 35.0 Å². The molecule has 3 heterocycles. The van der Waals surface area contributed by atoms with E-state index < -0.39 is 0 Å². The number of hydrogen-bond donors (Lipinski definition) is 1. The van der Waals surface area contributed by atoms with Gasteiger partial charge in [-0.05, 0) is 23.3 Å². The summed E-state index contributed by atoms with van der Waals surface area (Å²) in [5.74, 6) is 0.583. The van der Waals surface area contributed by atoms with Crippen LogP contribution >= 0.6 is 0 Å². The zero-order valence-corrected chi connectivity index (χ0v) is 14.9. The number of nitrogens with zero attached hydrogens (tertiary/aromatic N) is 6. The highest BCUT2D eigenvalue weighted by Gasteiger charge is 2.17. The van der Waals surface area contributed by atoms with Crippen molar-refractivity contribution in [1.29, 1.82) is 0 Å². The van der Waals surface area contributed by atoms with Crippen molar-refractivity contribution < 1.29 is 4.79 Å². The number of nitrogens with one attached hydrogen (secondary N) is 1. The summed E-state index contributed by atoms with van der Waals surface area (Å²) in [7, 11) is 1.82. The maximum atomic E-state index is 12.6. The quantitative estimate of drug-likeness (QED) is 0.567. The van der Waals surface area contributed by atoms with Gasteiger partial charge in [0.05, 0.1) is 12.7 Å². The SMILES string of the molecule is Cn1ncc(C(=O)NCc2ccc(Cn3cncn3)cc2)c1-n1cccc1. The van der Waals surface area contributed by atoms with Gasteiger partial charge in [0.1, 0.15) is 24.0 Å². The minimum atomic E-state index is -0.154. The van der Waals surface area contributed by atoms with Gasteiger partial charge in [0, 0.05) is 26.0 Å². The summed E-state index contributed by atoms with van der Waals surface area (Å²) in [5, 5.41) is 11.3. The third kappa shape index (κ3) is 3.64. The van der Waals surface area contributed by atoms with Gasteiger partial charge in [0.25, 0.3) is 5.91 Å². The van der Waals surface area contributed by atoms with E-state index in [1.54, 1.807) is 21.9 Å². The second kappa shape index (κ2) is 7.28. The standard InChI is InChI=1S/C19H19N7O/c1-24-19(25-8-2-3-9-25)17(11-22-24)18(27)21-10-15-4-6-16(7-5-15)12-26-14-20-13-23-26/h2-9,11,13-14H,10,12H2,1H3,(H,21,27). The highest BCUT2D eigenvalue weighted by atomic mass is 16.1. The van der Waals surface area contributed by atoms with Crippen molar-refractivity contribution in [2.24, 2.45) is 7.05 Å². The second-order valence-corrected chi connectivity index (χ2v) is 6.19. The first kappa shape index (κ1) is 16.8. The Labute approximate surface area is 156 Å². The van der Waals surface area contributed by atoms with Gasteiger partial charge in [-0.1, -0.05) is 24.3 Å². The molecule has 0 radical (unpaired) electrons. The molecule has 8 nitrogen and oxygen atoms in total. The maximum absolute atomic E-state index is 12.6. The highest BCUT2D eigenvalue weighted by molar-refractivity contribution is 5.97. The van der Waals surface area contributed by atoms with Crippen LogP contribution in [0.15, 0.2) is 67.6 Å². The van der Waals surface area contributed by atoms with E-state index in [1.807, 2.05) is 60.4 Å². The molecule has 3 aromatic heterocycles. The van der Waals surface area contributed by atoms with Crippen LogP contribution in [0.2, 0.25) is 0 Å². The van der Waals surface area contributed by atoms with Crippen LogP contribution in [0, 0.1) is 0 Å². The van der Waals surface area contributed by atoms with Gasteiger partial charge in [-0.2, -0.15) is 10.2 Å². The van der Waals surface area contributed by atoms with Crippen LogP contribution in [-0.2, 0) is 20.1 Å². The van der Waals surface area contributed by atoms with Gasteiger partial charge >= 0.3 is 0 Å². The number of aryl methyl sites for hydroxylation is 1. The van der Waals surface area contributed by atoms with Crippen LogP contribution in [0.3, 0.4) is 0 Å². The van der Waals surface area contributed by atoms with Crippen molar-refractivity contribution in [2.45, 2.75) is 13.1 Å². The Balaban J connectivity index is 1.41. The monoisotopic (exact) mass is 361 g/mol. The first-order chi connectivity index (χ1) is 13.2. The molecule has 8 heteroatoms. The second-order valence-electron chi connectivity index (χ2n) is 6.19. The largest absolute Gasteiger partial charge is 0.348 e. The van der Waals surface area contributed by atoms with Gasteiger partial charge in [0.15, 0.2) is 0 Å². The molecule has 0 aliphatic heterocycles. The Hall–Kier alpha value is -3.68. The van der Waals surface area contributed by atoms with Crippen LogP contribution < -0.4 is 5.32 Å². The van der Waals surface area contributed by atoms with Crippen molar-refractivity contribution in [3.63, 3.8) is 0 Å². The Morgan fingerprint density at radius 3 is 2.52 bits per heavy atom. The average Bonchev–Trinajstić information content (AvgIpc) is 3.42. The minimum Gasteiger partial charge on any atom is -0.348 e. The zero-order chi connectivity index (χ0) is 18.6. The lowest BCUT2D eigenvalue weighted by Crippen LogP contribution is -2.24. The van der Waals surface area contributed by atoms with Crippen LogP contribution in [0.1, 0.15) is 21.5 Å². The average molecular weight is 361 g/mol. The van der Waals surface area contributed by atoms with Gasteiger partial charge in [0.2, 0.25) is 0 Å². The van der Waals surface area contributed by atoms with Crippen LogP contribution in [0.25, 0.3) is 5.82 Å². The first-order valence-electron chi connectivity index (χ1n) is 8.54. The molecule has 0 aliphatic rings. The molecule has 0 saturated carbocycles. The maximum Gasteiger partial charge on any atom is 0.256 e. The van der Waals surface area contributed by atoms with Crippen molar-refractivity contribution in [2.75, 3.05) is 0 Å². The van der Waals surface area contributed by atoms with E-state index in [4.69, 9.17) is 0 Å². The van der Waals surface area contributed by atoms with E-state index in [1.165, 1.54) is 6.33 Å². The molecule has 1 aromatic carbocycles. The summed E-state index contributed by atoms with van der Waals surface area (Å²) in [4.78, 5) is 16.6. The summed E-state index contributed by atoms with van der Waals surface area (Å²) in [6.07, 6.45) is 8.57. The molecule has 4 rings (SSSR count). The fourth-order valence-electron chi connectivity index (χ4n) is 2.91. The third-order valence-electron chi connectivity index (χ3n) is 4.29. The molecule has 0 unspecified atom stereocenters. The number of carbonyl (C=O) groups is 1. The van der Waals surface area contributed by atoms with E-state index in [0.29, 0.717) is 18.7 Å². The number of aromatic nitrogens is 6. The summed E-state index contributed by atoms with van der Waals surface area (Å²) in [6, 6.07) is 11.9. The van der Waals surface area contributed by atoms with E-state index in [-0.39, 0.29) is 5.91 Å². The Bertz CT molecular complexity index is 1010. The predicted molar refractivity (Wildman–Crippen MR) is 99.3 cm³/mol. The van der Waals surface area contributed by atoms with Gasteiger partial charge in [-0.15, -0.1) is 0 Å². The van der Waals surface area contributed by atoms with E-state index in [2.05, 4.69) is 20.5 Å². The number of amides is 1. The highest BCUT2D eigenvalue weighted by Crippen LogP contribution is 2.14. The molecule has 1 N–H and O–H groups in total. The Morgan fingerprint density at radius 1 is 1.07 bits per heavy atom. The lowest BCUT2D eigenvalue weighted by molar-refractivity contribution is 0.0951. The molecule has 27 heavy (non-hydrogen) atoms. The fourth-order valence-corrected chi connectivity index (χ4v) is 2.91. The van der Waals surface area contributed by atoms with Crippen LogP contribution in [0.5, 0.6) is 0 Å². The Kier molecular flexibility index (Phi) is 4.52. The molecule has 0 atom stereocenters. The normalized spacial score (nSPS) is 10.9. The van der Waals surface area contributed by atoms with E-state index in [0.717, 1.165) is 16.9 Å². The zero-order valence-electron chi connectivity index (χ0n) is 14.9. The van der Waals surface area contributed by atoms with Crippen molar-refractivity contribution in [3.05, 3.63) is 84.3 Å². The lowest BCUT2D eigenvalue weighted by Gasteiger charge is -2.09. The van der Waals surface area contributed by atoms with Crippen molar-refractivity contribution >= 4 is 5.91 Å². The molecule has 0 spiro atoms. The summed E-state index contributed by atoms with van der Waals surface area (Å²) in [6.45, 7) is 1.12. The van der Waals surface area contributed by atoms with Crippen molar-refractivity contribution in [1.82, 2.24) is 34.4 Å². The molecular weight excluding hydrogens is 342 g/mol. The summed E-state index contributed by atoms with van der Waals surface area (Å²) in [5.41, 5.74) is 2.69. The number of benzene rings is 1. The molecule has 0 bridgehead atoms. The fraction of sp³-hybridized carbons (Fsp3) is 0.158. The smallest absolute Gasteiger partial charge is 0.256 e. The molecule has 136 valence electrons. The number of hydrogen-bond acceptors (Lipinski definition) is 4. The van der Waals surface area contributed by atoms with E-state index in [9.17, 15) is 4.79 Å². The predicted octanol–water partition coefficient (Wildman–Crippen LogP) is 1.78. The van der Waals surface area contributed by atoms with E-state index >= 15 is 0 Å². The van der Waals surface area contributed by atoms with Gasteiger partial charge < -0.3 is 9.88 Å². The molecule has 1 amide bonds. The molecule has 0 saturated heterocycles.